The number of nitrogens with one attached hydrogen (secondary N) is 1. The Bertz CT molecular complexity index is 1060. The van der Waals surface area contributed by atoms with Crippen molar-refractivity contribution < 1.29 is 9.53 Å². The van der Waals surface area contributed by atoms with Crippen LogP contribution in [0.15, 0.2) is 77.3 Å². The molecule has 1 heterocycles. The van der Waals surface area contributed by atoms with Crippen LogP contribution in [-0.4, -0.2) is 17.5 Å². The standard InChI is InChI=1S/C22H17BrN2O2S/c23-16-7-11-18(12-8-16)27-14-21(26)24-17-9-5-15(6-10-17)13-22-25-19-3-1-2-4-20(19)28-22/h1-12H,13-14H2,(H,24,26). The Labute approximate surface area is 175 Å². The maximum absolute atomic E-state index is 12.1. The fourth-order valence-corrected chi connectivity index (χ4v) is 4.02. The molecule has 6 heteroatoms. The maximum atomic E-state index is 12.1. The van der Waals surface area contributed by atoms with Crippen LogP contribution in [0, 0.1) is 0 Å². The molecule has 0 fully saturated rings. The summed E-state index contributed by atoms with van der Waals surface area (Å²) in [6, 6.07) is 23.4. The topological polar surface area (TPSA) is 51.2 Å². The number of carbonyl (C=O) groups is 1. The van der Waals surface area contributed by atoms with E-state index in [0.29, 0.717) is 5.75 Å². The summed E-state index contributed by atoms with van der Waals surface area (Å²) in [7, 11) is 0. The zero-order chi connectivity index (χ0) is 19.3. The molecule has 0 spiro atoms. The lowest BCUT2D eigenvalue weighted by atomic mass is 10.1. The molecule has 3 aromatic carbocycles. The molecule has 0 aliphatic carbocycles. The lowest BCUT2D eigenvalue weighted by Gasteiger charge is -2.08. The minimum absolute atomic E-state index is 0.0327. The van der Waals surface area contributed by atoms with Crippen molar-refractivity contribution in [1.29, 1.82) is 0 Å². The van der Waals surface area contributed by atoms with E-state index in [4.69, 9.17) is 4.74 Å². The maximum Gasteiger partial charge on any atom is 0.262 e. The number of para-hydroxylation sites is 1. The normalized spacial score (nSPS) is 10.8. The van der Waals surface area contributed by atoms with Gasteiger partial charge >= 0.3 is 0 Å². The summed E-state index contributed by atoms with van der Waals surface area (Å²) in [5.41, 5.74) is 2.94. The van der Waals surface area contributed by atoms with E-state index in [1.165, 1.54) is 4.70 Å². The van der Waals surface area contributed by atoms with Crippen LogP contribution in [0.4, 0.5) is 5.69 Å². The van der Waals surface area contributed by atoms with Crippen molar-refractivity contribution in [1.82, 2.24) is 4.98 Å². The third-order valence-corrected chi connectivity index (χ3v) is 5.68. The Kier molecular flexibility index (Phi) is 5.69. The van der Waals surface area contributed by atoms with E-state index in [1.807, 2.05) is 66.7 Å². The number of fused-ring (bicyclic) bond motifs is 1. The van der Waals surface area contributed by atoms with Crippen LogP contribution in [0.3, 0.4) is 0 Å². The zero-order valence-electron chi connectivity index (χ0n) is 14.9. The molecule has 0 bridgehead atoms. The molecule has 0 saturated carbocycles. The van der Waals surface area contributed by atoms with Crippen LogP contribution in [0.5, 0.6) is 5.75 Å². The lowest BCUT2D eigenvalue weighted by Crippen LogP contribution is -2.20. The second kappa shape index (κ2) is 8.54. The SMILES string of the molecule is O=C(COc1ccc(Br)cc1)Nc1ccc(Cc2nc3ccccc3s2)cc1. The third-order valence-electron chi connectivity index (χ3n) is 4.11. The molecule has 0 radical (unpaired) electrons. The first-order valence-electron chi connectivity index (χ1n) is 8.77. The molecule has 28 heavy (non-hydrogen) atoms. The summed E-state index contributed by atoms with van der Waals surface area (Å²) >= 11 is 5.08. The number of thiazole rings is 1. The van der Waals surface area contributed by atoms with Gasteiger partial charge in [0.2, 0.25) is 0 Å². The highest BCUT2D eigenvalue weighted by molar-refractivity contribution is 9.10. The highest BCUT2D eigenvalue weighted by atomic mass is 79.9. The molecule has 0 saturated heterocycles. The molecule has 4 rings (SSSR count). The molecule has 4 aromatic rings. The first-order chi connectivity index (χ1) is 13.7. The van der Waals surface area contributed by atoms with Gasteiger partial charge in [0.15, 0.2) is 6.61 Å². The van der Waals surface area contributed by atoms with Crippen molar-refractivity contribution in [3.8, 4) is 5.75 Å². The number of ether oxygens (including phenoxy) is 1. The summed E-state index contributed by atoms with van der Waals surface area (Å²) in [6.45, 7) is -0.0327. The second-order valence-corrected chi connectivity index (χ2v) is 8.27. The van der Waals surface area contributed by atoms with Crippen molar-refractivity contribution in [2.45, 2.75) is 6.42 Å². The summed E-state index contributed by atoms with van der Waals surface area (Å²) in [5.74, 6) is 0.464. The molecule has 140 valence electrons. The van der Waals surface area contributed by atoms with Crippen LogP contribution in [0.25, 0.3) is 10.2 Å². The predicted molar refractivity (Wildman–Crippen MR) is 117 cm³/mol. The molecule has 0 atom stereocenters. The average Bonchev–Trinajstić information content (AvgIpc) is 3.11. The summed E-state index contributed by atoms with van der Waals surface area (Å²) < 4.78 is 7.66. The summed E-state index contributed by atoms with van der Waals surface area (Å²) in [6.07, 6.45) is 0.778. The third kappa shape index (κ3) is 4.77. The van der Waals surface area contributed by atoms with Gasteiger partial charge in [0.05, 0.1) is 15.2 Å². The molecular weight excluding hydrogens is 436 g/mol. The predicted octanol–water partition coefficient (Wildman–Crippen LogP) is 5.67. The second-order valence-electron chi connectivity index (χ2n) is 6.24. The molecular formula is C22H17BrN2O2S. The van der Waals surface area contributed by atoms with Gasteiger partial charge in [-0.3, -0.25) is 4.79 Å². The van der Waals surface area contributed by atoms with Gasteiger partial charge in [0, 0.05) is 16.6 Å². The number of benzene rings is 3. The van der Waals surface area contributed by atoms with Crippen molar-refractivity contribution in [3.05, 3.63) is 87.8 Å². The van der Waals surface area contributed by atoms with E-state index in [9.17, 15) is 4.79 Å². The van der Waals surface area contributed by atoms with Crippen LogP contribution >= 0.6 is 27.3 Å². The van der Waals surface area contributed by atoms with Gasteiger partial charge < -0.3 is 10.1 Å². The smallest absolute Gasteiger partial charge is 0.262 e. The molecule has 0 aliphatic heterocycles. The van der Waals surface area contributed by atoms with Crippen LogP contribution in [-0.2, 0) is 11.2 Å². The van der Waals surface area contributed by atoms with Crippen LogP contribution in [0.1, 0.15) is 10.6 Å². The quantitative estimate of drug-likeness (QED) is 0.410. The van der Waals surface area contributed by atoms with Crippen LogP contribution in [0.2, 0.25) is 0 Å². The molecule has 1 aromatic heterocycles. The number of aromatic nitrogens is 1. The number of anilines is 1. The Balaban J connectivity index is 1.32. The minimum Gasteiger partial charge on any atom is -0.484 e. The molecule has 0 aliphatic rings. The monoisotopic (exact) mass is 452 g/mol. The van der Waals surface area contributed by atoms with Crippen LogP contribution < -0.4 is 10.1 Å². The number of carbonyl (C=O) groups excluding carboxylic acids is 1. The minimum atomic E-state index is -0.193. The summed E-state index contributed by atoms with van der Waals surface area (Å²) in [4.78, 5) is 16.7. The Morgan fingerprint density at radius 1 is 1.00 bits per heavy atom. The molecule has 1 N–H and O–H groups in total. The number of rotatable bonds is 6. The van der Waals surface area contributed by atoms with Crippen molar-refractivity contribution in [2.24, 2.45) is 0 Å². The van der Waals surface area contributed by atoms with E-state index in [-0.39, 0.29) is 12.5 Å². The van der Waals surface area contributed by atoms with E-state index in [0.717, 1.165) is 32.7 Å². The highest BCUT2D eigenvalue weighted by Gasteiger charge is 2.06. The Morgan fingerprint density at radius 2 is 1.75 bits per heavy atom. The number of hydrogen-bond donors (Lipinski definition) is 1. The molecule has 4 nitrogen and oxygen atoms in total. The van der Waals surface area contributed by atoms with E-state index < -0.39 is 0 Å². The van der Waals surface area contributed by atoms with Gasteiger partial charge in [0.1, 0.15) is 5.75 Å². The van der Waals surface area contributed by atoms with Gasteiger partial charge in [-0.15, -0.1) is 11.3 Å². The van der Waals surface area contributed by atoms with Gasteiger partial charge in [-0.25, -0.2) is 4.98 Å². The van der Waals surface area contributed by atoms with Crippen molar-refractivity contribution in [2.75, 3.05) is 11.9 Å². The van der Waals surface area contributed by atoms with Gasteiger partial charge in [-0.05, 0) is 54.1 Å². The summed E-state index contributed by atoms with van der Waals surface area (Å²) in [5, 5.41) is 3.93. The van der Waals surface area contributed by atoms with Gasteiger partial charge in [0.25, 0.3) is 5.91 Å². The number of nitrogens with zero attached hydrogens (tertiary/aromatic N) is 1. The van der Waals surface area contributed by atoms with E-state index >= 15 is 0 Å². The lowest BCUT2D eigenvalue weighted by molar-refractivity contribution is -0.118. The van der Waals surface area contributed by atoms with Gasteiger partial charge in [-0.2, -0.15) is 0 Å². The van der Waals surface area contributed by atoms with E-state index in [2.05, 4.69) is 32.3 Å². The first-order valence-corrected chi connectivity index (χ1v) is 10.4. The fourth-order valence-electron chi connectivity index (χ4n) is 2.75. The number of hydrogen-bond acceptors (Lipinski definition) is 4. The highest BCUT2D eigenvalue weighted by Crippen LogP contribution is 2.24. The molecule has 0 unspecified atom stereocenters. The largest absolute Gasteiger partial charge is 0.484 e. The zero-order valence-corrected chi connectivity index (χ0v) is 17.3. The average molecular weight is 453 g/mol. The molecule has 1 amide bonds. The van der Waals surface area contributed by atoms with Gasteiger partial charge in [-0.1, -0.05) is 40.2 Å². The fraction of sp³-hybridized carbons (Fsp3) is 0.0909. The number of halogens is 1. The van der Waals surface area contributed by atoms with Crippen molar-refractivity contribution >= 4 is 49.1 Å². The Morgan fingerprint density at radius 3 is 2.50 bits per heavy atom. The number of amides is 1. The van der Waals surface area contributed by atoms with Crippen molar-refractivity contribution in [3.63, 3.8) is 0 Å². The van der Waals surface area contributed by atoms with E-state index in [1.54, 1.807) is 11.3 Å². The Hall–Kier alpha value is -2.70. The first kappa shape index (κ1) is 18.7.